The molecule has 0 saturated carbocycles. The largest absolute Gasteiger partial charge is 0.450 e. The molecule has 0 N–H and O–H groups in total. The zero-order valence-electron chi connectivity index (χ0n) is 16.4. The summed E-state index contributed by atoms with van der Waals surface area (Å²) in [6.45, 7) is 6.50. The molecule has 0 saturated heterocycles. The number of carbonyl (C=O) groups is 1. The Morgan fingerprint density at radius 2 is 1.55 bits per heavy atom. The molecule has 4 aromatic rings. The predicted octanol–water partition coefficient (Wildman–Crippen LogP) is 7.94. The summed E-state index contributed by atoms with van der Waals surface area (Å²) in [5.74, 6) is 0.0720. The SMILES string of the molecule is CC(C)(C)c1ccc(-c2c(C(=O)c3ccccc3)oc3c(Cl)cc(Cl)cc23)cc1. The first-order valence-electron chi connectivity index (χ1n) is 9.38. The number of benzene rings is 3. The molecule has 0 aliphatic rings. The van der Waals surface area contributed by atoms with Crippen LogP contribution in [0.4, 0.5) is 0 Å². The summed E-state index contributed by atoms with van der Waals surface area (Å²) in [5.41, 5.74) is 3.85. The second-order valence-electron chi connectivity index (χ2n) is 8.09. The van der Waals surface area contributed by atoms with E-state index in [2.05, 4.69) is 32.9 Å². The Balaban J connectivity index is 1.97. The molecule has 1 heterocycles. The first-order valence-corrected chi connectivity index (χ1v) is 10.1. The molecule has 0 aliphatic heterocycles. The fourth-order valence-corrected chi connectivity index (χ4v) is 3.96. The molecular weight excluding hydrogens is 403 g/mol. The topological polar surface area (TPSA) is 30.2 Å². The normalized spacial score (nSPS) is 11.8. The molecule has 0 bridgehead atoms. The van der Waals surface area contributed by atoms with Crippen molar-refractivity contribution in [1.82, 2.24) is 0 Å². The van der Waals surface area contributed by atoms with Gasteiger partial charge in [0.1, 0.15) is 0 Å². The van der Waals surface area contributed by atoms with Crippen LogP contribution >= 0.6 is 23.2 Å². The van der Waals surface area contributed by atoms with E-state index in [1.807, 2.05) is 30.3 Å². The average Bonchev–Trinajstić information content (AvgIpc) is 3.07. The number of hydrogen-bond acceptors (Lipinski definition) is 2. The van der Waals surface area contributed by atoms with Crippen LogP contribution in [0.25, 0.3) is 22.1 Å². The molecule has 0 fully saturated rings. The van der Waals surface area contributed by atoms with E-state index in [1.165, 1.54) is 5.56 Å². The molecule has 0 aliphatic carbocycles. The summed E-state index contributed by atoms with van der Waals surface area (Å²) in [4.78, 5) is 13.3. The molecule has 4 rings (SSSR count). The van der Waals surface area contributed by atoms with E-state index in [4.69, 9.17) is 27.6 Å². The van der Waals surface area contributed by atoms with Crippen molar-refractivity contribution >= 4 is 40.0 Å². The van der Waals surface area contributed by atoms with Gasteiger partial charge in [0, 0.05) is 21.5 Å². The van der Waals surface area contributed by atoms with Gasteiger partial charge in [0.2, 0.25) is 5.78 Å². The molecule has 2 nitrogen and oxygen atoms in total. The number of furan rings is 1. The Labute approximate surface area is 180 Å². The van der Waals surface area contributed by atoms with Crippen molar-refractivity contribution in [3.63, 3.8) is 0 Å². The highest BCUT2D eigenvalue weighted by molar-refractivity contribution is 6.39. The maximum Gasteiger partial charge on any atom is 0.228 e. The lowest BCUT2D eigenvalue weighted by atomic mass is 9.86. The van der Waals surface area contributed by atoms with Gasteiger partial charge in [0.25, 0.3) is 0 Å². The average molecular weight is 423 g/mol. The minimum atomic E-state index is -0.191. The first-order chi connectivity index (χ1) is 13.8. The van der Waals surface area contributed by atoms with Gasteiger partial charge >= 0.3 is 0 Å². The Hall–Kier alpha value is -2.55. The van der Waals surface area contributed by atoms with E-state index in [-0.39, 0.29) is 17.0 Å². The molecule has 0 atom stereocenters. The van der Waals surface area contributed by atoms with Crippen molar-refractivity contribution in [2.75, 3.05) is 0 Å². The Morgan fingerprint density at radius 1 is 0.897 bits per heavy atom. The van der Waals surface area contributed by atoms with Gasteiger partial charge < -0.3 is 4.42 Å². The maximum absolute atomic E-state index is 13.3. The van der Waals surface area contributed by atoms with Crippen LogP contribution in [0.1, 0.15) is 42.5 Å². The molecular formula is C25H20Cl2O2. The van der Waals surface area contributed by atoms with E-state index in [9.17, 15) is 4.79 Å². The van der Waals surface area contributed by atoms with Crippen LogP contribution in [0.15, 0.2) is 71.1 Å². The summed E-state index contributed by atoms with van der Waals surface area (Å²) >= 11 is 12.6. The van der Waals surface area contributed by atoms with Gasteiger partial charge in [0.05, 0.1) is 5.02 Å². The molecule has 0 radical (unpaired) electrons. The number of rotatable bonds is 3. The minimum absolute atomic E-state index is 0.0340. The molecule has 1 aromatic heterocycles. The molecule has 4 heteroatoms. The van der Waals surface area contributed by atoms with E-state index in [1.54, 1.807) is 24.3 Å². The van der Waals surface area contributed by atoms with Crippen LogP contribution in [0, 0.1) is 0 Å². The van der Waals surface area contributed by atoms with Gasteiger partial charge in [-0.2, -0.15) is 0 Å². The van der Waals surface area contributed by atoms with E-state index >= 15 is 0 Å². The molecule has 0 amide bonds. The summed E-state index contributed by atoms with van der Waals surface area (Å²) in [6.07, 6.45) is 0. The summed E-state index contributed by atoms with van der Waals surface area (Å²) < 4.78 is 6.01. The third kappa shape index (κ3) is 3.71. The van der Waals surface area contributed by atoms with Crippen molar-refractivity contribution in [2.45, 2.75) is 26.2 Å². The van der Waals surface area contributed by atoms with Crippen molar-refractivity contribution < 1.29 is 9.21 Å². The van der Waals surface area contributed by atoms with Gasteiger partial charge in [-0.15, -0.1) is 0 Å². The van der Waals surface area contributed by atoms with Crippen molar-refractivity contribution in [1.29, 1.82) is 0 Å². The number of halogens is 2. The van der Waals surface area contributed by atoms with Crippen LogP contribution in [0.2, 0.25) is 10.0 Å². The lowest BCUT2D eigenvalue weighted by Crippen LogP contribution is -2.10. The summed E-state index contributed by atoms with van der Waals surface area (Å²) in [5, 5.41) is 1.60. The van der Waals surface area contributed by atoms with Crippen LogP contribution < -0.4 is 0 Å². The number of carbonyl (C=O) groups excluding carboxylic acids is 1. The zero-order chi connectivity index (χ0) is 20.8. The van der Waals surface area contributed by atoms with Gasteiger partial charge in [-0.05, 0) is 28.7 Å². The van der Waals surface area contributed by atoms with Gasteiger partial charge in [0.15, 0.2) is 11.3 Å². The zero-order valence-corrected chi connectivity index (χ0v) is 17.9. The standard InChI is InChI=1S/C25H20Cl2O2/c1-25(2,3)17-11-9-15(10-12-17)21-19-13-18(26)14-20(27)23(19)29-24(21)22(28)16-7-5-4-6-8-16/h4-14H,1-3H3. The molecule has 3 aromatic carbocycles. The fraction of sp³-hybridized carbons (Fsp3) is 0.160. The maximum atomic E-state index is 13.3. The van der Waals surface area contributed by atoms with E-state index in [0.29, 0.717) is 26.8 Å². The smallest absolute Gasteiger partial charge is 0.228 e. The van der Waals surface area contributed by atoms with Crippen LogP contribution in [0.3, 0.4) is 0 Å². The van der Waals surface area contributed by atoms with Crippen LogP contribution in [-0.4, -0.2) is 5.78 Å². The Bertz CT molecular complexity index is 1200. The van der Waals surface area contributed by atoms with Gasteiger partial charge in [-0.3, -0.25) is 4.79 Å². The molecule has 146 valence electrons. The third-order valence-electron chi connectivity index (χ3n) is 4.99. The van der Waals surface area contributed by atoms with Gasteiger partial charge in [-0.1, -0.05) is 98.6 Å². The third-order valence-corrected chi connectivity index (χ3v) is 5.49. The quantitative estimate of drug-likeness (QED) is 0.313. The highest BCUT2D eigenvalue weighted by Crippen LogP contribution is 2.41. The minimum Gasteiger partial charge on any atom is -0.450 e. The second kappa shape index (κ2) is 7.37. The Morgan fingerprint density at radius 3 is 2.17 bits per heavy atom. The Kier molecular flexibility index (Phi) is 5.02. The summed E-state index contributed by atoms with van der Waals surface area (Å²) in [7, 11) is 0. The van der Waals surface area contributed by atoms with Crippen molar-refractivity contribution in [3.8, 4) is 11.1 Å². The summed E-state index contributed by atoms with van der Waals surface area (Å²) in [6, 6.07) is 20.7. The molecule has 29 heavy (non-hydrogen) atoms. The van der Waals surface area contributed by atoms with E-state index < -0.39 is 0 Å². The van der Waals surface area contributed by atoms with Crippen molar-refractivity contribution in [3.05, 3.63) is 93.7 Å². The van der Waals surface area contributed by atoms with Gasteiger partial charge in [-0.25, -0.2) is 0 Å². The lowest BCUT2D eigenvalue weighted by molar-refractivity contribution is 0.101. The van der Waals surface area contributed by atoms with Crippen LogP contribution in [-0.2, 0) is 5.41 Å². The predicted molar refractivity (Wildman–Crippen MR) is 120 cm³/mol. The highest BCUT2D eigenvalue weighted by Gasteiger charge is 2.25. The highest BCUT2D eigenvalue weighted by atomic mass is 35.5. The number of ketones is 1. The molecule has 0 spiro atoms. The fourth-order valence-electron chi connectivity index (χ4n) is 3.43. The second-order valence-corrected chi connectivity index (χ2v) is 8.94. The molecule has 0 unspecified atom stereocenters. The first kappa shape index (κ1) is 19.8. The number of fused-ring (bicyclic) bond motifs is 1. The van der Waals surface area contributed by atoms with Crippen molar-refractivity contribution in [2.24, 2.45) is 0 Å². The number of hydrogen-bond donors (Lipinski definition) is 0. The lowest BCUT2D eigenvalue weighted by Gasteiger charge is -2.19. The van der Waals surface area contributed by atoms with E-state index in [0.717, 1.165) is 10.9 Å². The van der Waals surface area contributed by atoms with Crippen LogP contribution in [0.5, 0.6) is 0 Å². The monoisotopic (exact) mass is 422 g/mol.